The van der Waals surface area contributed by atoms with E-state index in [4.69, 9.17) is 4.74 Å². The minimum absolute atomic E-state index is 0.00179. The molecule has 2 rings (SSSR count). The third kappa shape index (κ3) is 8.44. The van der Waals surface area contributed by atoms with Crippen molar-refractivity contribution in [3.05, 3.63) is 65.7 Å². The molecule has 0 aromatic heterocycles. The molecule has 31 heavy (non-hydrogen) atoms. The van der Waals surface area contributed by atoms with E-state index in [1.54, 1.807) is 4.90 Å². The van der Waals surface area contributed by atoms with E-state index in [9.17, 15) is 9.59 Å². The smallest absolute Gasteiger partial charge is 0.242 e. The Morgan fingerprint density at radius 1 is 1.03 bits per heavy atom. The van der Waals surface area contributed by atoms with Gasteiger partial charge in [0.1, 0.15) is 11.8 Å². The number of ether oxygens (including phenoxy) is 1. The fourth-order valence-electron chi connectivity index (χ4n) is 3.45. The zero-order valence-corrected chi connectivity index (χ0v) is 19.1. The summed E-state index contributed by atoms with van der Waals surface area (Å²) in [6, 6.07) is 17.5. The normalized spacial score (nSPS) is 11.6. The molecular weight excluding hydrogens is 388 g/mol. The Morgan fingerprint density at radius 2 is 1.74 bits per heavy atom. The van der Waals surface area contributed by atoms with E-state index in [0.717, 1.165) is 24.2 Å². The molecule has 2 aromatic carbocycles. The largest absolute Gasteiger partial charge is 0.494 e. The Labute approximate surface area is 186 Å². The molecule has 168 valence electrons. The van der Waals surface area contributed by atoms with Crippen molar-refractivity contribution in [1.82, 2.24) is 10.2 Å². The van der Waals surface area contributed by atoms with Gasteiger partial charge in [0, 0.05) is 19.5 Å². The molecule has 1 N–H and O–H groups in total. The van der Waals surface area contributed by atoms with Crippen LogP contribution in [0.25, 0.3) is 0 Å². The van der Waals surface area contributed by atoms with Gasteiger partial charge < -0.3 is 15.0 Å². The molecule has 0 bridgehead atoms. The van der Waals surface area contributed by atoms with E-state index in [1.165, 1.54) is 5.56 Å². The highest BCUT2D eigenvalue weighted by molar-refractivity contribution is 5.87. The molecule has 0 saturated heterocycles. The predicted molar refractivity (Wildman–Crippen MR) is 125 cm³/mol. The topological polar surface area (TPSA) is 58.6 Å². The van der Waals surface area contributed by atoms with Crippen LogP contribution in [0, 0.1) is 6.92 Å². The molecule has 0 spiro atoms. The standard InChI is InChI=1S/C26H36N2O3/c1-4-18-27-26(30)24(5-2)28(19-17-22-10-7-6-8-11-22)25(29)12-9-20-31-23-15-13-21(3)14-16-23/h6-8,10-11,13-16,24H,4-5,9,12,17-20H2,1-3H3,(H,27,30). The van der Waals surface area contributed by atoms with Crippen molar-refractivity contribution in [3.63, 3.8) is 0 Å². The van der Waals surface area contributed by atoms with Crippen molar-refractivity contribution >= 4 is 11.8 Å². The number of hydrogen-bond donors (Lipinski definition) is 1. The molecule has 1 unspecified atom stereocenters. The second-order valence-corrected chi connectivity index (χ2v) is 7.80. The van der Waals surface area contributed by atoms with E-state index in [2.05, 4.69) is 17.4 Å². The molecule has 0 aliphatic heterocycles. The summed E-state index contributed by atoms with van der Waals surface area (Å²) in [7, 11) is 0. The van der Waals surface area contributed by atoms with Gasteiger partial charge in [-0.1, -0.05) is 61.9 Å². The third-order valence-electron chi connectivity index (χ3n) is 5.24. The number of amides is 2. The fraction of sp³-hybridized carbons (Fsp3) is 0.462. The summed E-state index contributed by atoms with van der Waals surface area (Å²) in [5.74, 6) is 0.743. The van der Waals surface area contributed by atoms with Gasteiger partial charge >= 0.3 is 0 Å². The Bertz CT molecular complexity index is 790. The summed E-state index contributed by atoms with van der Waals surface area (Å²) in [5.41, 5.74) is 2.34. The van der Waals surface area contributed by atoms with Crippen molar-refractivity contribution in [2.75, 3.05) is 19.7 Å². The molecule has 0 aliphatic carbocycles. The Morgan fingerprint density at radius 3 is 2.39 bits per heavy atom. The van der Waals surface area contributed by atoms with Gasteiger partial charge in [0.2, 0.25) is 11.8 Å². The van der Waals surface area contributed by atoms with Crippen LogP contribution in [0.5, 0.6) is 5.75 Å². The van der Waals surface area contributed by atoms with Gasteiger partial charge in [-0.3, -0.25) is 9.59 Å². The van der Waals surface area contributed by atoms with Crippen LogP contribution in [0.1, 0.15) is 50.7 Å². The molecular formula is C26H36N2O3. The first kappa shape index (κ1) is 24.4. The lowest BCUT2D eigenvalue weighted by atomic mass is 10.1. The summed E-state index contributed by atoms with van der Waals surface area (Å²) < 4.78 is 5.76. The molecule has 0 aliphatic rings. The van der Waals surface area contributed by atoms with E-state index < -0.39 is 6.04 Å². The molecule has 1 atom stereocenters. The summed E-state index contributed by atoms with van der Waals surface area (Å²) in [6.07, 6.45) is 3.16. The summed E-state index contributed by atoms with van der Waals surface area (Å²) >= 11 is 0. The highest BCUT2D eigenvalue weighted by Crippen LogP contribution is 2.14. The zero-order valence-electron chi connectivity index (χ0n) is 19.1. The number of hydrogen-bond acceptors (Lipinski definition) is 3. The minimum Gasteiger partial charge on any atom is -0.494 e. The quantitative estimate of drug-likeness (QED) is 0.481. The average Bonchev–Trinajstić information content (AvgIpc) is 2.79. The van der Waals surface area contributed by atoms with Crippen LogP contribution in [0.4, 0.5) is 0 Å². The molecule has 5 nitrogen and oxygen atoms in total. The number of nitrogens with zero attached hydrogens (tertiary/aromatic N) is 1. The molecule has 0 fully saturated rings. The lowest BCUT2D eigenvalue weighted by molar-refractivity contribution is -0.140. The fourth-order valence-corrected chi connectivity index (χ4v) is 3.45. The molecule has 0 radical (unpaired) electrons. The monoisotopic (exact) mass is 424 g/mol. The van der Waals surface area contributed by atoms with Gasteiger partial charge in [-0.05, 0) is 50.3 Å². The number of carbonyl (C=O) groups excluding carboxylic acids is 2. The lowest BCUT2D eigenvalue weighted by Gasteiger charge is -2.30. The van der Waals surface area contributed by atoms with E-state index in [1.807, 2.05) is 63.2 Å². The van der Waals surface area contributed by atoms with Crippen molar-refractivity contribution in [3.8, 4) is 5.75 Å². The van der Waals surface area contributed by atoms with Gasteiger partial charge in [0.25, 0.3) is 0 Å². The SMILES string of the molecule is CCCNC(=O)C(CC)N(CCc1ccccc1)C(=O)CCCOc1ccc(C)cc1. The van der Waals surface area contributed by atoms with Crippen molar-refractivity contribution in [2.45, 2.75) is 58.9 Å². The van der Waals surface area contributed by atoms with Crippen LogP contribution in [-0.4, -0.2) is 42.5 Å². The first-order valence-corrected chi connectivity index (χ1v) is 11.4. The molecule has 2 amide bonds. The van der Waals surface area contributed by atoms with Crippen molar-refractivity contribution < 1.29 is 14.3 Å². The average molecular weight is 425 g/mol. The molecule has 0 saturated carbocycles. The molecule has 0 heterocycles. The lowest BCUT2D eigenvalue weighted by Crippen LogP contribution is -2.50. The van der Waals surface area contributed by atoms with Gasteiger partial charge in [0.05, 0.1) is 6.61 Å². The van der Waals surface area contributed by atoms with Gasteiger partial charge in [-0.15, -0.1) is 0 Å². The van der Waals surface area contributed by atoms with Crippen LogP contribution in [-0.2, 0) is 16.0 Å². The second-order valence-electron chi connectivity index (χ2n) is 7.80. The van der Waals surface area contributed by atoms with E-state index in [-0.39, 0.29) is 11.8 Å². The highest BCUT2D eigenvalue weighted by atomic mass is 16.5. The zero-order chi connectivity index (χ0) is 22.5. The highest BCUT2D eigenvalue weighted by Gasteiger charge is 2.27. The molecule has 2 aromatic rings. The summed E-state index contributed by atoms with van der Waals surface area (Å²) in [6.45, 7) is 7.64. The van der Waals surface area contributed by atoms with Gasteiger partial charge in [-0.2, -0.15) is 0 Å². The van der Waals surface area contributed by atoms with Crippen molar-refractivity contribution in [2.24, 2.45) is 0 Å². The van der Waals surface area contributed by atoms with E-state index in [0.29, 0.717) is 39.0 Å². The van der Waals surface area contributed by atoms with Gasteiger partial charge in [0.15, 0.2) is 0 Å². The Kier molecular flexibility index (Phi) is 10.6. The van der Waals surface area contributed by atoms with Crippen LogP contribution in [0.15, 0.2) is 54.6 Å². The number of carbonyl (C=O) groups is 2. The number of nitrogens with one attached hydrogen (secondary N) is 1. The summed E-state index contributed by atoms with van der Waals surface area (Å²) in [5, 5.41) is 2.95. The van der Waals surface area contributed by atoms with Crippen LogP contribution in [0.2, 0.25) is 0 Å². The number of aryl methyl sites for hydroxylation is 1. The second kappa shape index (κ2) is 13.5. The van der Waals surface area contributed by atoms with E-state index >= 15 is 0 Å². The van der Waals surface area contributed by atoms with Crippen molar-refractivity contribution in [1.29, 1.82) is 0 Å². The minimum atomic E-state index is -0.444. The molecule has 5 heteroatoms. The van der Waals surface area contributed by atoms with Crippen LogP contribution >= 0.6 is 0 Å². The van der Waals surface area contributed by atoms with Crippen LogP contribution in [0.3, 0.4) is 0 Å². The van der Waals surface area contributed by atoms with Gasteiger partial charge in [-0.25, -0.2) is 0 Å². The maximum atomic E-state index is 13.1. The van der Waals surface area contributed by atoms with Crippen LogP contribution < -0.4 is 10.1 Å². The summed E-state index contributed by atoms with van der Waals surface area (Å²) in [4.78, 5) is 27.5. The first-order valence-electron chi connectivity index (χ1n) is 11.4. The third-order valence-corrected chi connectivity index (χ3v) is 5.24. The Balaban J connectivity index is 1.96. The number of rotatable bonds is 13. The maximum absolute atomic E-state index is 13.1. The predicted octanol–water partition coefficient (Wildman–Crippen LogP) is 4.53. The number of benzene rings is 2. The maximum Gasteiger partial charge on any atom is 0.242 e. The Hall–Kier alpha value is -2.82. The first-order chi connectivity index (χ1) is 15.0.